The predicted octanol–water partition coefficient (Wildman–Crippen LogP) is 4.57. The number of halogens is 1. The molecule has 1 atom stereocenters. The van der Waals surface area contributed by atoms with Crippen molar-refractivity contribution in [3.05, 3.63) is 76.3 Å². The van der Waals surface area contributed by atoms with Crippen molar-refractivity contribution in [2.24, 2.45) is 0 Å². The van der Waals surface area contributed by atoms with Gasteiger partial charge in [-0.05, 0) is 42.3 Å². The van der Waals surface area contributed by atoms with Crippen molar-refractivity contribution in [3.63, 3.8) is 0 Å². The van der Waals surface area contributed by atoms with Crippen LogP contribution in [0.1, 0.15) is 24.0 Å². The summed E-state index contributed by atoms with van der Waals surface area (Å²) >= 11 is 6.10. The molecule has 0 aromatic heterocycles. The summed E-state index contributed by atoms with van der Waals surface area (Å²) in [5.74, 6) is -1.07. The fraction of sp³-hybridized carbons (Fsp3) is 0.211. The third-order valence-corrected chi connectivity index (χ3v) is 3.97. The number of anilines is 1. The molecule has 0 aliphatic heterocycles. The van der Waals surface area contributed by atoms with Gasteiger partial charge in [0.1, 0.15) is 0 Å². The molecule has 1 unspecified atom stereocenters. The van der Waals surface area contributed by atoms with Crippen LogP contribution in [0, 0.1) is 0 Å². The Kier molecular flexibility index (Phi) is 5.45. The maximum atomic E-state index is 11.2. The Hall–Kier alpha value is -2.26. The van der Waals surface area contributed by atoms with Gasteiger partial charge in [0.15, 0.2) is 0 Å². The third kappa shape index (κ3) is 4.36. The van der Waals surface area contributed by atoms with Crippen LogP contribution in [0.25, 0.3) is 0 Å². The maximum Gasteiger partial charge on any atom is 0.330 e. The molecule has 0 amide bonds. The fourth-order valence-corrected chi connectivity index (χ4v) is 2.58. The van der Waals surface area contributed by atoms with E-state index in [-0.39, 0.29) is 5.92 Å². The summed E-state index contributed by atoms with van der Waals surface area (Å²) in [6.07, 6.45) is 1.76. The molecule has 0 aliphatic carbocycles. The molecule has 0 saturated carbocycles. The lowest BCUT2D eigenvalue weighted by Crippen LogP contribution is -2.09. The van der Waals surface area contributed by atoms with Crippen LogP contribution in [0.5, 0.6) is 0 Å². The Labute approximate surface area is 141 Å². The Bertz CT molecular complexity index is 720. The lowest BCUT2D eigenvalue weighted by Gasteiger charge is -2.18. The number of benzene rings is 2. The van der Waals surface area contributed by atoms with Crippen LogP contribution in [-0.2, 0) is 4.79 Å². The number of rotatable bonds is 5. The second-order valence-electron chi connectivity index (χ2n) is 5.67. The summed E-state index contributed by atoms with van der Waals surface area (Å²) in [4.78, 5) is 13.2. The molecular formula is C19H20ClNO2. The van der Waals surface area contributed by atoms with E-state index in [1.165, 1.54) is 0 Å². The van der Waals surface area contributed by atoms with Gasteiger partial charge in [-0.3, -0.25) is 0 Å². The first-order valence-electron chi connectivity index (χ1n) is 7.33. The van der Waals surface area contributed by atoms with Crippen molar-refractivity contribution in [1.82, 2.24) is 0 Å². The van der Waals surface area contributed by atoms with E-state index < -0.39 is 5.97 Å². The molecule has 2 aromatic rings. The monoisotopic (exact) mass is 329 g/mol. The molecule has 0 saturated heterocycles. The average Bonchev–Trinajstić information content (AvgIpc) is 2.52. The van der Waals surface area contributed by atoms with Crippen molar-refractivity contribution in [2.45, 2.75) is 12.8 Å². The van der Waals surface area contributed by atoms with E-state index in [0.29, 0.717) is 10.6 Å². The normalized spacial score (nSPS) is 12.8. The van der Waals surface area contributed by atoms with E-state index in [0.717, 1.165) is 16.8 Å². The summed E-state index contributed by atoms with van der Waals surface area (Å²) in [6.45, 7) is 1.61. The minimum absolute atomic E-state index is 0.152. The van der Waals surface area contributed by atoms with Gasteiger partial charge in [-0.25, -0.2) is 4.79 Å². The summed E-state index contributed by atoms with van der Waals surface area (Å²) in [5.41, 5.74) is 3.40. The third-order valence-electron chi connectivity index (χ3n) is 3.73. The molecule has 0 fully saturated rings. The number of hydrogen-bond acceptors (Lipinski definition) is 2. The number of carboxylic acid groups (broad SMARTS) is 1. The minimum Gasteiger partial charge on any atom is -0.478 e. The highest BCUT2D eigenvalue weighted by molar-refractivity contribution is 6.30. The molecule has 2 rings (SSSR count). The number of hydrogen-bond donors (Lipinski definition) is 1. The van der Waals surface area contributed by atoms with Crippen LogP contribution in [0.4, 0.5) is 5.69 Å². The van der Waals surface area contributed by atoms with Gasteiger partial charge in [-0.1, -0.05) is 41.9 Å². The molecule has 1 N–H and O–H groups in total. The molecule has 0 bridgehead atoms. The zero-order valence-electron chi connectivity index (χ0n) is 13.5. The molecule has 0 radical (unpaired) electrons. The molecule has 0 heterocycles. The standard InChI is InChI=1S/C19H20ClNO2/c1-13(19(22)23)11-18(15-5-4-6-16(20)12-15)14-7-9-17(10-8-14)21(2)3/h4-12,18H,1-3H3,(H,22,23)/b13-11+. The zero-order valence-corrected chi connectivity index (χ0v) is 14.2. The maximum absolute atomic E-state index is 11.2. The first-order valence-corrected chi connectivity index (χ1v) is 7.70. The van der Waals surface area contributed by atoms with Crippen LogP contribution in [0.15, 0.2) is 60.2 Å². The summed E-state index contributed by atoms with van der Waals surface area (Å²) in [7, 11) is 3.97. The second-order valence-corrected chi connectivity index (χ2v) is 6.11. The van der Waals surface area contributed by atoms with Crippen LogP contribution in [0.3, 0.4) is 0 Å². The van der Waals surface area contributed by atoms with Crippen molar-refractivity contribution < 1.29 is 9.90 Å². The molecule has 3 nitrogen and oxygen atoms in total. The van der Waals surface area contributed by atoms with Crippen LogP contribution < -0.4 is 4.90 Å². The molecule has 120 valence electrons. The highest BCUT2D eigenvalue weighted by Gasteiger charge is 2.14. The van der Waals surface area contributed by atoms with E-state index in [2.05, 4.69) is 0 Å². The van der Waals surface area contributed by atoms with E-state index in [4.69, 9.17) is 11.6 Å². The van der Waals surface area contributed by atoms with Crippen molar-refractivity contribution in [1.29, 1.82) is 0 Å². The fourth-order valence-electron chi connectivity index (χ4n) is 2.39. The SMILES string of the molecule is C/C(=C\C(c1ccc(N(C)C)cc1)c1cccc(Cl)c1)C(=O)O. The first kappa shape index (κ1) is 17.1. The van der Waals surface area contributed by atoms with Gasteiger partial charge in [0.05, 0.1) is 0 Å². The Balaban J connectivity index is 2.49. The van der Waals surface area contributed by atoms with Gasteiger partial charge >= 0.3 is 5.97 Å². The number of aliphatic carboxylic acids is 1. The van der Waals surface area contributed by atoms with Crippen LogP contribution in [-0.4, -0.2) is 25.2 Å². The highest BCUT2D eigenvalue weighted by atomic mass is 35.5. The van der Waals surface area contributed by atoms with Gasteiger partial charge in [-0.2, -0.15) is 0 Å². The van der Waals surface area contributed by atoms with Crippen molar-refractivity contribution >= 4 is 23.3 Å². The quantitative estimate of drug-likeness (QED) is 0.817. The number of allylic oxidation sites excluding steroid dienone is 1. The lowest BCUT2D eigenvalue weighted by molar-refractivity contribution is -0.132. The van der Waals surface area contributed by atoms with Gasteiger partial charge in [0.2, 0.25) is 0 Å². The second kappa shape index (κ2) is 7.34. The van der Waals surface area contributed by atoms with Gasteiger partial charge in [0.25, 0.3) is 0 Å². The summed E-state index contributed by atoms with van der Waals surface area (Å²) in [5, 5.41) is 9.83. The highest BCUT2D eigenvalue weighted by Crippen LogP contribution is 2.30. The van der Waals surface area contributed by atoms with Crippen LogP contribution >= 0.6 is 11.6 Å². The molecule has 0 spiro atoms. The van der Waals surface area contributed by atoms with Gasteiger partial charge in [0, 0.05) is 36.3 Å². The Morgan fingerprint density at radius 3 is 2.30 bits per heavy atom. The smallest absolute Gasteiger partial charge is 0.330 e. The van der Waals surface area contributed by atoms with E-state index in [1.807, 2.05) is 67.5 Å². The van der Waals surface area contributed by atoms with E-state index in [1.54, 1.807) is 13.0 Å². The molecule has 0 aliphatic rings. The first-order chi connectivity index (χ1) is 10.9. The molecule has 23 heavy (non-hydrogen) atoms. The zero-order chi connectivity index (χ0) is 17.0. The van der Waals surface area contributed by atoms with E-state index >= 15 is 0 Å². The van der Waals surface area contributed by atoms with Crippen molar-refractivity contribution in [2.75, 3.05) is 19.0 Å². The Morgan fingerprint density at radius 2 is 1.78 bits per heavy atom. The summed E-state index contributed by atoms with van der Waals surface area (Å²) in [6, 6.07) is 15.6. The average molecular weight is 330 g/mol. The van der Waals surface area contributed by atoms with Crippen LogP contribution in [0.2, 0.25) is 5.02 Å². The minimum atomic E-state index is -0.915. The lowest BCUT2D eigenvalue weighted by atomic mass is 9.89. The number of carbonyl (C=O) groups is 1. The molecular weight excluding hydrogens is 310 g/mol. The molecule has 2 aromatic carbocycles. The topological polar surface area (TPSA) is 40.5 Å². The van der Waals surface area contributed by atoms with Gasteiger partial charge < -0.3 is 10.0 Å². The Morgan fingerprint density at radius 1 is 1.13 bits per heavy atom. The number of nitrogens with zero attached hydrogens (tertiary/aromatic N) is 1. The molecule has 4 heteroatoms. The largest absolute Gasteiger partial charge is 0.478 e. The predicted molar refractivity (Wildman–Crippen MR) is 95.5 cm³/mol. The van der Waals surface area contributed by atoms with Gasteiger partial charge in [-0.15, -0.1) is 0 Å². The van der Waals surface area contributed by atoms with Crippen molar-refractivity contribution in [3.8, 4) is 0 Å². The number of carboxylic acids is 1. The summed E-state index contributed by atoms with van der Waals surface area (Å²) < 4.78 is 0. The van der Waals surface area contributed by atoms with E-state index in [9.17, 15) is 9.90 Å².